The van der Waals surface area contributed by atoms with Gasteiger partial charge in [-0.2, -0.15) is 5.10 Å². The number of benzene rings is 2. The van der Waals surface area contributed by atoms with E-state index < -0.39 is 0 Å². The Bertz CT molecular complexity index is 866. The molecule has 0 saturated carbocycles. The number of hydrazone groups is 1. The summed E-state index contributed by atoms with van der Waals surface area (Å²) in [5.74, 6) is 0.349. The Labute approximate surface area is 165 Å². The number of carbonyl (C=O) groups excluding carboxylic acids is 1. The van der Waals surface area contributed by atoms with Crippen molar-refractivity contribution in [1.29, 1.82) is 0 Å². The van der Waals surface area contributed by atoms with Gasteiger partial charge in [0.2, 0.25) is 0 Å². The summed E-state index contributed by atoms with van der Waals surface area (Å²) >= 11 is 0. The molecule has 4 aliphatic rings. The zero-order valence-corrected chi connectivity index (χ0v) is 15.8. The number of fused-ring (bicyclic) bond motifs is 1. The summed E-state index contributed by atoms with van der Waals surface area (Å²) in [4.78, 5) is 17.5. The van der Waals surface area contributed by atoms with E-state index in [1.807, 2.05) is 30.3 Å². The number of carbonyl (C=O) groups is 1. The molecule has 2 atom stereocenters. The number of hydrogen-bond donors (Lipinski definition) is 2. The number of nitrogens with one attached hydrogen (secondary N) is 2. The van der Waals surface area contributed by atoms with Gasteiger partial charge in [-0.25, -0.2) is 10.2 Å². The Balaban J connectivity index is 1.45. The molecule has 4 aliphatic heterocycles. The molecule has 0 aliphatic carbocycles. The highest BCUT2D eigenvalue weighted by molar-refractivity contribution is 6.00. The summed E-state index contributed by atoms with van der Waals surface area (Å²) in [6.07, 6.45) is 0. The third-order valence-electron chi connectivity index (χ3n) is 6.19. The van der Waals surface area contributed by atoms with Gasteiger partial charge in [0.15, 0.2) is 0 Å². The Morgan fingerprint density at radius 1 is 0.929 bits per heavy atom. The van der Waals surface area contributed by atoms with E-state index in [9.17, 15) is 4.79 Å². The van der Waals surface area contributed by atoms with Gasteiger partial charge in [0.05, 0.1) is 11.1 Å². The second-order valence-electron chi connectivity index (χ2n) is 8.04. The minimum absolute atomic E-state index is 0.154. The van der Waals surface area contributed by atoms with E-state index in [0.29, 0.717) is 5.92 Å². The maximum absolute atomic E-state index is 12.4. The lowest BCUT2D eigenvalue weighted by Gasteiger charge is -2.50. The Morgan fingerprint density at radius 3 is 2.18 bits per heavy atom. The van der Waals surface area contributed by atoms with Gasteiger partial charge in [-0.1, -0.05) is 48.5 Å². The van der Waals surface area contributed by atoms with Crippen LogP contribution in [0.15, 0.2) is 65.8 Å². The topological polar surface area (TPSA) is 60.0 Å². The SMILES string of the molecule is O=C(NN=C1C2CN3CCN(C2)CC1(c1ccccc1)C3)Nc1ccccc1. The van der Waals surface area contributed by atoms with E-state index in [1.165, 1.54) is 5.56 Å². The van der Waals surface area contributed by atoms with E-state index in [-0.39, 0.29) is 11.4 Å². The van der Waals surface area contributed by atoms with Crippen LogP contribution in [-0.4, -0.2) is 60.8 Å². The maximum Gasteiger partial charge on any atom is 0.339 e. The van der Waals surface area contributed by atoms with Gasteiger partial charge in [-0.3, -0.25) is 0 Å². The molecule has 2 unspecified atom stereocenters. The molecule has 0 radical (unpaired) electrons. The number of nitrogens with zero attached hydrogens (tertiary/aromatic N) is 3. The first kappa shape index (κ1) is 17.4. The standard InChI is InChI=1S/C22H25N5O/c28-21(23-19-9-5-2-6-10-19)25-24-20-17-13-26-11-12-27(14-17)16-22(20,15-26)18-7-3-1-4-8-18/h1-10,17H,11-16H2,(H2,23,25,28). The van der Waals surface area contributed by atoms with Crippen LogP contribution in [0.5, 0.6) is 0 Å². The lowest BCUT2D eigenvalue weighted by atomic mass is 9.66. The van der Waals surface area contributed by atoms with Crippen LogP contribution < -0.4 is 10.7 Å². The predicted octanol–water partition coefficient (Wildman–Crippen LogP) is 2.36. The van der Waals surface area contributed by atoms with Crippen molar-refractivity contribution in [3.63, 3.8) is 0 Å². The molecule has 4 saturated heterocycles. The quantitative estimate of drug-likeness (QED) is 0.810. The molecule has 6 heteroatoms. The number of para-hydroxylation sites is 1. The van der Waals surface area contributed by atoms with E-state index in [2.05, 4.69) is 50.9 Å². The highest BCUT2D eigenvalue weighted by Crippen LogP contribution is 2.40. The van der Waals surface area contributed by atoms with Crippen molar-refractivity contribution in [3.05, 3.63) is 66.2 Å². The Hall–Kier alpha value is -2.70. The van der Waals surface area contributed by atoms with Crippen LogP contribution in [0.25, 0.3) is 0 Å². The van der Waals surface area contributed by atoms with Crippen LogP contribution in [0.3, 0.4) is 0 Å². The average Bonchev–Trinajstić information content (AvgIpc) is 2.97. The molecule has 0 spiro atoms. The maximum atomic E-state index is 12.4. The zero-order valence-electron chi connectivity index (χ0n) is 15.8. The molecule has 4 bridgehead atoms. The highest BCUT2D eigenvalue weighted by Gasteiger charge is 2.53. The summed E-state index contributed by atoms with van der Waals surface area (Å²) in [5, 5.41) is 7.56. The van der Waals surface area contributed by atoms with Gasteiger partial charge < -0.3 is 15.1 Å². The molecule has 2 aromatic rings. The monoisotopic (exact) mass is 375 g/mol. The van der Waals surface area contributed by atoms with Crippen molar-refractivity contribution in [2.45, 2.75) is 5.41 Å². The number of amides is 2. The van der Waals surface area contributed by atoms with Gasteiger partial charge in [-0.05, 0) is 17.7 Å². The molecule has 4 heterocycles. The predicted molar refractivity (Wildman–Crippen MR) is 111 cm³/mol. The Kier molecular flexibility index (Phi) is 4.37. The van der Waals surface area contributed by atoms with Crippen molar-refractivity contribution >= 4 is 17.4 Å². The van der Waals surface area contributed by atoms with Crippen molar-refractivity contribution in [2.24, 2.45) is 11.0 Å². The normalized spacial score (nSPS) is 32.1. The fourth-order valence-corrected chi connectivity index (χ4v) is 5.05. The molecular formula is C22H25N5O. The number of urea groups is 1. The highest BCUT2D eigenvalue weighted by atomic mass is 16.2. The van der Waals surface area contributed by atoms with Gasteiger partial charge in [0, 0.05) is 50.9 Å². The first-order valence-corrected chi connectivity index (χ1v) is 9.93. The van der Waals surface area contributed by atoms with Gasteiger partial charge in [0.25, 0.3) is 0 Å². The largest absolute Gasteiger partial charge is 0.339 e. The molecule has 2 amide bonds. The van der Waals surface area contributed by atoms with E-state index in [4.69, 9.17) is 5.10 Å². The van der Waals surface area contributed by atoms with Crippen LogP contribution >= 0.6 is 0 Å². The fourth-order valence-electron chi connectivity index (χ4n) is 5.05. The molecule has 0 aromatic heterocycles. The second kappa shape index (κ2) is 7.04. The summed E-state index contributed by atoms with van der Waals surface area (Å²) in [5.41, 5.74) is 5.80. The van der Waals surface area contributed by atoms with Crippen LogP contribution in [0.1, 0.15) is 5.56 Å². The van der Waals surface area contributed by atoms with E-state index in [0.717, 1.165) is 50.7 Å². The number of hydrogen-bond acceptors (Lipinski definition) is 4. The smallest absolute Gasteiger partial charge is 0.307 e. The molecule has 6 nitrogen and oxygen atoms in total. The first-order chi connectivity index (χ1) is 13.7. The minimum atomic E-state index is -0.297. The van der Waals surface area contributed by atoms with Crippen molar-refractivity contribution < 1.29 is 4.79 Å². The summed E-state index contributed by atoms with van der Waals surface area (Å²) in [7, 11) is 0. The van der Waals surface area contributed by atoms with Gasteiger partial charge in [0.1, 0.15) is 0 Å². The number of anilines is 1. The van der Waals surface area contributed by atoms with Crippen molar-refractivity contribution in [1.82, 2.24) is 15.2 Å². The molecule has 2 N–H and O–H groups in total. The third kappa shape index (κ3) is 3.08. The molecule has 2 aromatic carbocycles. The molecule has 28 heavy (non-hydrogen) atoms. The van der Waals surface area contributed by atoms with Crippen molar-refractivity contribution in [3.8, 4) is 0 Å². The van der Waals surface area contributed by atoms with E-state index >= 15 is 0 Å². The minimum Gasteiger partial charge on any atom is -0.307 e. The van der Waals surface area contributed by atoms with E-state index in [1.54, 1.807) is 0 Å². The third-order valence-corrected chi connectivity index (χ3v) is 6.19. The lowest BCUT2D eigenvalue weighted by molar-refractivity contribution is 0.163. The van der Waals surface area contributed by atoms with Gasteiger partial charge >= 0.3 is 6.03 Å². The zero-order chi connectivity index (χ0) is 19.0. The summed E-state index contributed by atoms with van der Waals surface area (Å²) in [6, 6.07) is 19.8. The summed E-state index contributed by atoms with van der Waals surface area (Å²) < 4.78 is 0. The Morgan fingerprint density at radius 2 is 1.54 bits per heavy atom. The second-order valence-corrected chi connectivity index (χ2v) is 8.04. The van der Waals surface area contributed by atoms with Gasteiger partial charge in [-0.15, -0.1) is 0 Å². The molecule has 144 valence electrons. The van der Waals surface area contributed by atoms with Crippen LogP contribution in [0.4, 0.5) is 10.5 Å². The fraction of sp³-hybridized carbons (Fsp3) is 0.364. The summed E-state index contributed by atoms with van der Waals surface area (Å²) in [6.45, 7) is 6.19. The van der Waals surface area contributed by atoms with Crippen molar-refractivity contribution in [2.75, 3.05) is 44.6 Å². The molecule has 4 fully saturated rings. The van der Waals surface area contributed by atoms with Crippen LogP contribution in [-0.2, 0) is 5.41 Å². The number of rotatable bonds is 3. The molecular weight excluding hydrogens is 350 g/mol. The van der Waals surface area contributed by atoms with Crippen LogP contribution in [0, 0.1) is 5.92 Å². The molecule has 6 rings (SSSR count). The lowest BCUT2D eigenvalue weighted by Crippen LogP contribution is -2.64. The first-order valence-electron chi connectivity index (χ1n) is 9.93. The van der Waals surface area contributed by atoms with Crippen LogP contribution in [0.2, 0.25) is 0 Å². The average molecular weight is 375 g/mol. The number of piperidine rings is 2.